The smallest absolute Gasteiger partial charge is 0.272 e. The van der Waals surface area contributed by atoms with Crippen LogP contribution in [-0.4, -0.2) is 24.4 Å². The molecule has 0 bridgehead atoms. The van der Waals surface area contributed by atoms with Crippen molar-refractivity contribution in [3.05, 3.63) is 24.3 Å². The average molecular weight is 206 g/mol. The van der Waals surface area contributed by atoms with Gasteiger partial charge in [0, 0.05) is 17.7 Å². The molecule has 1 heterocycles. The fourth-order valence-electron chi connectivity index (χ4n) is 1.38. The van der Waals surface area contributed by atoms with Gasteiger partial charge in [-0.05, 0) is 12.1 Å². The highest BCUT2D eigenvalue weighted by Gasteiger charge is 2.22. The maximum atomic E-state index is 11.6. The van der Waals surface area contributed by atoms with Gasteiger partial charge in [0.25, 0.3) is 5.91 Å². The lowest BCUT2D eigenvalue weighted by molar-refractivity contribution is -0.112. The van der Waals surface area contributed by atoms with E-state index in [0.29, 0.717) is 5.75 Å². The van der Waals surface area contributed by atoms with Gasteiger partial charge in [0.1, 0.15) is 5.71 Å². The molecule has 0 saturated carbocycles. The van der Waals surface area contributed by atoms with Gasteiger partial charge in [-0.1, -0.05) is 12.1 Å². The van der Waals surface area contributed by atoms with E-state index in [1.165, 1.54) is 16.7 Å². The maximum Gasteiger partial charge on any atom is 0.272 e. The van der Waals surface area contributed by atoms with E-state index in [0.717, 1.165) is 10.6 Å². The molecule has 1 aromatic carbocycles. The number of nitrogens with one attached hydrogen (secondary N) is 1. The molecule has 0 radical (unpaired) electrons. The summed E-state index contributed by atoms with van der Waals surface area (Å²) in [4.78, 5) is 14.2. The van der Waals surface area contributed by atoms with Gasteiger partial charge >= 0.3 is 0 Å². The van der Waals surface area contributed by atoms with Gasteiger partial charge < -0.3 is 4.90 Å². The highest BCUT2D eigenvalue weighted by atomic mass is 32.2. The number of carbonyl (C=O) groups is 1. The van der Waals surface area contributed by atoms with Crippen molar-refractivity contribution in [3.63, 3.8) is 0 Å². The van der Waals surface area contributed by atoms with Crippen LogP contribution in [0.4, 0.5) is 5.69 Å². The fourth-order valence-corrected chi connectivity index (χ4v) is 2.33. The minimum absolute atomic E-state index is 0.161. The lowest BCUT2D eigenvalue weighted by Crippen LogP contribution is -2.32. The molecule has 0 unspecified atom stereocenters. The Bertz CT molecular complexity index is 403. The summed E-state index contributed by atoms with van der Waals surface area (Å²) in [5.41, 5.74) is 1.05. The molecular weight excluding hydrogens is 196 g/mol. The summed E-state index contributed by atoms with van der Waals surface area (Å²) in [6.07, 6.45) is 0. The average Bonchev–Trinajstić information content (AvgIpc) is 2.32. The van der Waals surface area contributed by atoms with Crippen molar-refractivity contribution >= 4 is 29.1 Å². The molecule has 14 heavy (non-hydrogen) atoms. The first-order valence-electron chi connectivity index (χ1n) is 4.27. The van der Waals surface area contributed by atoms with Crippen LogP contribution in [0.25, 0.3) is 0 Å². The molecule has 2 rings (SSSR count). The summed E-state index contributed by atoms with van der Waals surface area (Å²) < 4.78 is 0. The fraction of sp³-hybridized carbons (Fsp3) is 0.200. The van der Waals surface area contributed by atoms with Crippen LogP contribution in [0.1, 0.15) is 0 Å². The minimum Gasteiger partial charge on any atom is -0.309 e. The van der Waals surface area contributed by atoms with E-state index in [4.69, 9.17) is 5.41 Å². The summed E-state index contributed by atoms with van der Waals surface area (Å²) in [5.74, 6) is 0.252. The first kappa shape index (κ1) is 9.27. The summed E-state index contributed by atoms with van der Waals surface area (Å²) in [7, 11) is 1.71. The van der Waals surface area contributed by atoms with Crippen LogP contribution < -0.4 is 4.90 Å². The van der Waals surface area contributed by atoms with E-state index >= 15 is 0 Å². The van der Waals surface area contributed by atoms with Crippen LogP contribution >= 0.6 is 11.8 Å². The van der Waals surface area contributed by atoms with Gasteiger partial charge in [-0.2, -0.15) is 0 Å². The van der Waals surface area contributed by atoms with Crippen molar-refractivity contribution in [2.24, 2.45) is 0 Å². The largest absolute Gasteiger partial charge is 0.309 e. The Kier molecular flexibility index (Phi) is 2.29. The van der Waals surface area contributed by atoms with Gasteiger partial charge in [-0.15, -0.1) is 11.8 Å². The number of hydrogen-bond donors (Lipinski definition) is 1. The molecule has 72 valence electrons. The van der Waals surface area contributed by atoms with Crippen molar-refractivity contribution in [1.82, 2.24) is 0 Å². The van der Waals surface area contributed by atoms with Gasteiger partial charge in [-0.3, -0.25) is 10.2 Å². The summed E-state index contributed by atoms with van der Waals surface area (Å²) in [5, 5.41) is 7.53. The van der Waals surface area contributed by atoms with Gasteiger partial charge in [-0.25, -0.2) is 0 Å². The second-order valence-corrected chi connectivity index (χ2v) is 4.12. The third-order valence-corrected chi connectivity index (χ3v) is 3.25. The molecule has 1 aromatic rings. The maximum absolute atomic E-state index is 11.6. The molecule has 0 spiro atoms. The second-order valence-electron chi connectivity index (χ2n) is 3.10. The molecule has 0 fully saturated rings. The molecule has 0 aromatic heterocycles. The van der Waals surface area contributed by atoms with Crippen LogP contribution in [0.2, 0.25) is 0 Å². The van der Waals surface area contributed by atoms with Crippen LogP contribution in [0, 0.1) is 5.41 Å². The minimum atomic E-state index is -0.206. The first-order valence-corrected chi connectivity index (χ1v) is 5.26. The molecule has 0 aliphatic carbocycles. The standard InChI is InChI=1S/C10H10N2OS/c1-12-8-4-2-3-5-9(8)14-6-7(11)10(12)13/h2-5,11H,6H2,1H3. The topological polar surface area (TPSA) is 44.2 Å². The predicted octanol–water partition coefficient (Wildman–Crippen LogP) is 1.77. The van der Waals surface area contributed by atoms with E-state index in [-0.39, 0.29) is 11.6 Å². The van der Waals surface area contributed by atoms with Crippen molar-refractivity contribution < 1.29 is 4.79 Å². The molecule has 1 aliphatic heterocycles. The zero-order valence-electron chi connectivity index (χ0n) is 7.78. The number of amides is 1. The second kappa shape index (κ2) is 3.46. The number of nitrogens with zero attached hydrogens (tertiary/aromatic N) is 1. The van der Waals surface area contributed by atoms with Gasteiger partial charge in [0.05, 0.1) is 5.69 Å². The lowest BCUT2D eigenvalue weighted by atomic mass is 10.2. The molecule has 0 saturated heterocycles. The Morgan fingerprint density at radius 1 is 1.43 bits per heavy atom. The number of benzene rings is 1. The monoisotopic (exact) mass is 206 g/mol. The summed E-state index contributed by atoms with van der Waals surface area (Å²) in [6.45, 7) is 0. The van der Waals surface area contributed by atoms with Crippen LogP contribution in [0.15, 0.2) is 29.2 Å². The number of fused-ring (bicyclic) bond motifs is 1. The van der Waals surface area contributed by atoms with Gasteiger partial charge in [0.15, 0.2) is 0 Å². The molecule has 1 aliphatic rings. The van der Waals surface area contributed by atoms with Crippen LogP contribution in [-0.2, 0) is 4.79 Å². The molecule has 0 atom stereocenters. The number of rotatable bonds is 0. The highest BCUT2D eigenvalue weighted by Crippen LogP contribution is 2.32. The van der Waals surface area contributed by atoms with E-state index in [2.05, 4.69) is 0 Å². The highest BCUT2D eigenvalue weighted by molar-refractivity contribution is 8.00. The zero-order valence-corrected chi connectivity index (χ0v) is 8.60. The van der Waals surface area contributed by atoms with E-state index in [9.17, 15) is 4.79 Å². The van der Waals surface area contributed by atoms with Crippen LogP contribution in [0.3, 0.4) is 0 Å². The third-order valence-electron chi connectivity index (χ3n) is 2.16. The Labute approximate surface area is 86.6 Å². The van der Waals surface area contributed by atoms with E-state index in [1.54, 1.807) is 7.05 Å². The van der Waals surface area contributed by atoms with E-state index < -0.39 is 0 Å². The number of thioether (sulfide) groups is 1. The molecule has 1 N–H and O–H groups in total. The number of hydrogen-bond acceptors (Lipinski definition) is 3. The Hall–Kier alpha value is -1.29. The Morgan fingerprint density at radius 2 is 2.14 bits per heavy atom. The van der Waals surface area contributed by atoms with Crippen LogP contribution in [0.5, 0.6) is 0 Å². The number of anilines is 1. The molecule has 3 nitrogen and oxygen atoms in total. The number of para-hydroxylation sites is 1. The summed E-state index contributed by atoms with van der Waals surface area (Å²) in [6, 6.07) is 7.72. The quantitative estimate of drug-likeness (QED) is 0.703. The molecule has 4 heteroatoms. The van der Waals surface area contributed by atoms with E-state index in [1.807, 2.05) is 24.3 Å². The first-order chi connectivity index (χ1) is 6.70. The molecular formula is C10H10N2OS. The molecule has 1 amide bonds. The van der Waals surface area contributed by atoms with Crippen molar-refractivity contribution in [3.8, 4) is 0 Å². The van der Waals surface area contributed by atoms with Crippen molar-refractivity contribution in [1.29, 1.82) is 5.41 Å². The van der Waals surface area contributed by atoms with Crippen molar-refractivity contribution in [2.75, 3.05) is 17.7 Å². The SMILES string of the molecule is CN1C(=O)C(=N)CSc2ccccc21. The summed E-state index contributed by atoms with van der Waals surface area (Å²) >= 11 is 1.54. The normalized spacial score (nSPS) is 16.5. The van der Waals surface area contributed by atoms with Crippen molar-refractivity contribution in [2.45, 2.75) is 4.90 Å². The predicted molar refractivity (Wildman–Crippen MR) is 58.3 cm³/mol. The van der Waals surface area contributed by atoms with Gasteiger partial charge in [0.2, 0.25) is 0 Å². The lowest BCUT2D eigenvalue weighted by Gasteiger charge is -2.16. The Morgan fingerprint density at radius 3 is 2.93 bits per heavy atom. The zero-order chi connectivity index (χ0) is 10.1. The Balaban J connectivity index is 2.50. The number of carbonyl (C=O) groups excluding carboxylic acids is 1. The third kappa shape index (κ3) is 1.42.